The first-order valence-corrected chi connectivity index (χ1v) is 16.6. The van der Waals surface area contributed by atoms with Crippen LogP contribution < -0.4 is 10.5 Å². The molecule has 44 heavy (non-hydrogen) atoms. The van der Waals surface area contributed by atoms with Crippen LogP contribution in [0.25, 0.3) is 21.8 Å². The number of nitrogens with two attached hydrogens (primary N) is 1. The first-order chi connectivity index (χ1) is 21.3. The summed E-state index contributed by atoms with van der Waals surface area (Å²) in [7, 11) is -1.62. The van der Waals surface area contributed by atoms with E-state index in [4.69, 9.17) is 15.5 Å². The molecule has 1 saturated heterocycles. The zero-order chi connectivity index (χ0) is 30.7. The smallest absolute Gasteiger partial charge is 0.355 e. The van der Waals surface area contributed by atoms with Crippen molar-refractivity contribution >= 4 is 43.5 Å². The minimum atomic E-state index is -3.68. The molecule has 5 aromatic rings. The number of nitrogens with one attached hydrogen (secondary N) is 1. The number of benzene rings is 3. The summed E-state index contributed by atoms with van der Waals surface area (Å²) in [6.07, 6.45) is 3.27. The standard InChI is InChI=1S/C34H37N5O4S/c1-38-16-8-7-12-30(38)22-43-34(40)32-19-26-14-15-28(20-35)36-33(26)39(32)21-27-18-29(17-25-11-5-6-13-31(25)27)37-44(41,42)23-24-9-3-2-4-10-24/h2-6,9-11,13-15,17-19,30,37H,7-8,12,16,20-23,35H2,1H3/t30-/m1/s1. The third-order valence-corrected chi connectivity index (χ3v) is 9.56. The fraction of sp³-hybridized carbons (Fsp3) is 0.294. The predicted octanol–water partition coefficient (Wildman–Crippen LogP) is 5.28. The molecule has 0 saturated carbocycles. The van der Waals surface area contributed by atoms with Crippen molar-refractivity contribution < 1.29 is 17.9 Å². The first-order valence-electron chi connectivity index (χ1n) is 14.9. The molecule has 6 rings (SSSR count). The Hall–Kier alpha value is -4.25. The molecule has 9 nitrogen and oxygen atoms in total. The summed E-state index contributed by atoms with van der Waals surface area (Å²) < 4.78 is 36.8. The predicted molar refractivity (Wildman–Crippen MR) is 174 cm³/mol. The van der Waals surface area contributed by atoms with Crippen molar-refractivity contribution in [2.75, 3.05) is 24.9 Å². The van der Waals surface area contributed by atoms with Gasteiger partial charge in [-0.3, -0.25) is 4.72 Å². The molecule has 3 N–H and O–H groups in total. The average Bonchev–Trinajstić information content (AvgIpc) is 3.38. The molecule has 1 atom stereocenters. The van der Waals surface area contributed by atoms with Gasteiger partial charge in [0.2, 0.25) is 10.0 Å². The van der Waals surface area contributed by atoms with Crippen LogP contribution in [0.3, 0.4) is 0 Å². The molecule has 0 spiro atoms. The van der Waals surface area contributed by atoms with Gasteiger partial charge in [0, 0.05) is 23.7 Å². The highest BCUT2D eigenvalue weighted by Gasteiger charge is 2.24. The second kappa shape index (κ2) is 12.8. The third kappa shape index (κ3) is 6.62. The lowest BCUT2D eigenvalue weighted by Gasteiger charge is -2.31. The van der Waals surface area contributed by atoms with Gasteiger partial charge in [-0.1, -0.05) is 61.0 Å². The molecule has 0 unspecified atom stereocenters. The van der Waals surface area contributed by atoms with E-state index in [0.29, 0.717) is 34.9 Å². The number of carbonyl (C=O) groups excluding carboxylic acids is 1. The number of hydrogen-bond acceptors (Lipinski definition) is 7. The van der Waals surface area contributed by atoms with E-state index < -0.39 is 16.0 Å². The number of esters is 1. The van der Waals surface area contributed by atoms with Gasteiger partial charge >= 0.3 is 5.97 Å². The number of ether oxygens (including phenoxy) is 1. The number of nitrogens with zero attached hydrogens (tertiary/aromatic N) is 3. The van der Waals surface area contributed by atoms with E-state index in [1.165, 1.54) is 0 Å². The molecule has 1 aliphatic rings. The quantitative estimate of drug-likeness (QED) is 0.206. The van der Waals surface area contributed by atoms with Gasteiger partial charge in [-0.25, -0.2) is 18.2 Å². The van der Waals surface area contributed by atoms with Gasteiger partial charge < -0.3 is 19.9 Å². The van der Waals surface area contributed by atoms with Crippen molar-refractivity contribution in [1.82, 2.24) is 14.5 Å². The normalized spacial score (nSPS) is 15.9. The molecular formula is C34H37N5O4S. The Labute approximate surface area is 257 Å². The number of likely N-dealkylation sites (N-methyl/N-ethyl adjacent to an activating group) is 1. The first kappa shape index (κ1) is 29.8. The lowest BCUT2D eigenvalue weighted by Crippen LogP contribution is -2.40. The Kier molecular flexibility index (Phi) is 8.65. The number of likely N-dealkylation sites (tertiary alicyclic amines) is 1. The van der Waals surface area contributed by atoms with E-state index in [-0.39, 0.29) is 24.9 Å². The molecule has 2 aromatic heterocycles. The molecule has 3 heterocycles. The summed E-state index contributed by atoms with van der Waals surface area (Å²) in [5.41, 5.74) is 9.62. The number of sulfonamides is 1. The van der Waals surface area contributed by atoms with Gasteiger partial charge in [-0.2, -0.15) is 0 Å². The van der Waals surface area contributed by atoms with Crippen LogP contribution >= 0.6 is 0 Å². The fourth-order valence-corrected chi connectivity index (χ4v) is 7.15. The zero-order valence-corrected chi connectivity index (χ0v) is 25.6. The van der Waals surface area contributed by atoms with E-state index in [0.717, 1.165) is 47.5 Å². The number of fused-ring (bicyclic) bond motifs is 2. The fourth-order valence-electron chi connectivity index (χ4n) is 5.97. The molecule has 3 aromatic carbocycles. The molecule has 0 radical (unpaired) electrons. The number of anilines is 1. The summed E-state index contributed by atoms with van der Waals surface area (Å²) in [4.78, 5) is 20.6. The SMILES string of the molecule is CN1CCCC[C@@H]1COC(=O)c1cc2ccc(CN)nc2n1Cc1cc(NS(=O)(=O)Cc2ccccc2)cc2ccccc12. The van der Waals surface area contributed by atoms with Crippen molar-refractivity contribution in [2.24, 2.45) is 5.73 Å². The van der Waals surface area contributed by atoms with Crippen molar-refractivity contribution in [3.63, 3.8) is 0 Å². The molecule has 10 heteroatoms. The van der Waals surface area contributed by atoms with E-state index in [9.17, 15) is 13.2 Å². The van der Waals surface area contributed by atoms with Crippen LogP contribution in [-0.2, 0) is 33.6 Å². The van der Waals surface area contributed by atoms with E-state index in [1.54, 1.807) is 12.1 Å². The maximum absolute atomic E-state index is 13.6. The minimum absolute atomic E-state index is 0.143. The highest BCUT2D eigenvalue weighted by molar-refractivity contribution is 7.91. The van der Waals surface area contributed by atoms with E-state index in [2.05, 4.69) is 16.7 Å². The van der Waals surface area contributed by atoms with Crippen LogP contribution in [0, 0.1) is 0 Å². The highest BCUT2D eigenvalue weighted by atomic mass is 32.2. The van der Waals surface area contributed by atoms with Gasteiger partial charge in [-0.05, 0) is 78.7 Å². The number of piperidine rings is 1. The number of hydrogen-bond donors (Lipinski definition) is 2. The van der Waals surface area contributed by atoms with E-state index in [1.807, 2.05) is 77.4 Å². The largest absolute Gasteiger partial charge is 0.459 e. The number of pyridine rings is 1. The summed E-state index contributed by atoms with van der Waals surface area (Å²) in [5, 5.41) is 2.62. The number of carbonyl (C=O) groups is 1. The van der Waals surface area contributed by atoms with Crippen LogP contribution in [-0.4, -0.2) is 55.1 Å². The van der Waals surface area contributed by atoms with Gasteiger partial charge in [0.15, 0.2) is 0 Å². The Morgan fingerprint density at radius 1 is 1.00 bits per heavy atom. The van der Waals surface area contributed by atoms with Gasteiger partial charge in [0.05, 0.1) is 18.0 Å². The third-order valence-electron chi connectivity index (χ3n) is 8.30. The minimum Gasteiger partial charge on any atom is -0.459 e. The molecule has 1 aliphatic heterocycles. The van der Waals surface area contributed by atoms with Crippen LogP contribution in [0.2, 0.25) is 0 Å². The molecular weight excluding hydrogens is 574 g/mol. The monoisotopic (exact) mass is 611 g/mol. The number of aromatic nitrogens is 2. The lowest BCUT2D eigenvalue weighted by molar-refractivity contribution is 0.0318. The molecule has 228 valence electrons. The van der Waals surface area contributed by atoms with Crippen molar-refractivity contribution in [3.05, 3.63) is 107 Å². The highest BCUT2D eigenvalue weighted by Crippen LogP contribution is 2.29. The average molecular weight is 612 g/mol. The Bertz CT molecular complexity index is 1910. The summed E-state index contributed by atoms with van der Waals surface area (Å²) in [6, 6.07) is 26.3. The van der Waals surface area contributed by atoms with Crippen molar-refractivity contribution in [3.8, 4) is 0 Å². The maximum atomic E-state index is 13.6. The lowest BCUT2D eigenvalue weighted by atomic mass is 10.0. The van der Waals surface area contributed by atoms with Crippen LogP contribution in [0.4, 0.5) is 5.69 Å². The van der Waals surface area contributed by atoms with Gasteiger partial charge in [-0.15, -0.1) is 0 Å². The Morgan fingerprint density at radius 3 is 2.59 bits per heavy atom. The molecule has 0 aliphatic carbocycles. The molecule has 1 fully saturated rings. The van der Waals surface area contributed by atoms with Crippen molar-refractivity contribution in [2.45, 2.75) is 44.1 Å². The number of rotatable bonds is 10. The van der Waals surface area contributed by atoms with Crippen LogP contribution in [0.15, 0.2) is 84.9 Å². The summed E-state index contributed by atoms with van der Waals surface area (Å²) >= 11 is 0. The van der Waals surface area contributed by atoms with Gasteiger partial charge in [0.25, 0.3) is 0 Å². The second-order valence-electron chi connectivity index (χ2n) is 11.5. The second-order valence-corrected chi connectivity index (χ2v) is 13.2. The van der Waals surface area contributed by atoms with Crippen LogP contribution in [0.1, 0.15) is 46.6 Å². The summed E-state index contributed by atoms with van der Waals surface area (Å²) in [6.45, 7) is 1.84. The maximum Gasteiger partial charge on any atom is 0.355 e. The molecule has 0 bridgehead atoms. The zero-order valence-electron chi connectivity index (χ0n) is 24.8. The topological polar surface area (TPSA) is 120 Å². The molecule has 0 amide bonds. The van der Waals surface area contributed by atoms with Crippen molar-refractivity contribution in [1.29, 1.82) is 0 Å². The Balaban J connectivity index is 1.36. The van der Waals surface area contributed by atoms with Gasteiger partial charge in [0.1, 0.15) is 17.9 Å². The summed E-state index contributed by atoms with van der Waals surface area (Å²) in [5.74, 6) is -0.559. The van der Waals surface area contributed by atoms with Crippen LogP contribution in [0.5, 0.6) is 0 Å². The Morgan fingerprint density at radius 2 is 1.80 bits per heavy atom. The van der Waals surface area contributed by atoms with E-state index >= 15 is 0 Å².